The molecule has 0 bridgehead atoms. The predicted molar refractivity (Wildman–Crippen MR) is 338 cm³/mol. The van der Waals surface area contributed by atoms with E-state index in [9.17, 15) is 19.5 Å². The van der Waals surface area contributed by atoms with E-state index in [4.69, 9.17) is 18.9 Å². The van der Waals surface area contributed by atoms with Gasteiger partial charge in [0.2, 0.25) is 0 Å². The standard InChI is InChI=1S/C71H125NO8/c1-6-8-10-12-14-16-18-20-22-24-25-26-27-28-29-30-31-32-33-34-35-36-37-38-39-40-41-42-43-44-45-46-48-50-52-54-56-58-60-62-69(74)80-67(66-79-71(70(75)76)77-64-63-72(3,4)5)65-78-68(73)61-59-57-55-53-51-49-47-23-21-19-17-15-13-11-9-7-2/h8,10,14,16-17,19-20,22-23,25-26,28-29,47,67,71H,6-7,9,11-13,15,18,21,24,27,30-46,48-66H2,1-5H3/b10-8-,16-14-,19-17-,22-20-,26-25-,29-28-,47-23-. The van der Waals surface area contributed by atoms with Crippen LogP contribution in [0.5, 0.6) is 0 Å². The minimum absolute atomic E-state index is 0.145. The first kappa shape index (κ1) is 76.5. The van der Waals surface area contributed by atoms with Gasteiger partial charge in [-0.15, -0.1) is 0 Å². The molecule has 0 heterocycles. The molecule has 0 aromatic carbocycles. The summed E-state index contributed by atoms with van der Waals surface area (Å²) < 4.78 is 22.7. The zero-order chi connectivity index (χ0) is 58.3. The van der Waals surface area contributed by atoms with Crippen molar-refractivity contribution in [1.29, 1.82) is 0 Å². The molecule has 0 radical (unpaired) electrons. The lowest BCUT2D eigenvalue weighted by atomic mass is 10.0. The van der Waals surface area contributed by atoms with E-state index in [0.717, 1.165) is 89.9 Å². The van der Waals surface area contributed by atoms with Crippen molar-refractivity contribution >= 4 is 17.9 Å². The number of carbonyl (C=O) groups is 3. The highest BCUT2D eigenvalue weighted by Gasteiger charge is 2.22. The number of hydrogen-bond donors (Lipinski definition) is 0. The number of rotatable bonds is 61. The average molecular weight is 1120 g/mol. The molecule has 0 aliphatic heterocycles. The van der Waals surface area contributed by atoms with Gasteiger partial charge in [-0.2, -0.15) is 0 Å². The molecule has 0 N–H and O–H groups in total. The number of unbranched alkanes of at least 4 members (excludes halogenated alkanes) is 32. The lowest BCUT2D eigenvalue weighted by Crippen LogP contribution is -2.44. The van der Waals surface area contributed by atoms with Gasteiger partial charge in [0.25, 0.3) is 0 Å². The number of aliphatic carboxylic acids is 1. The number of ether oxygens (including phenoxy) is 4. The normalized spacial score (nSPS) is 13.3. The van der Waals surface area contributed by atoms with Crippen LogP contribution in [0.4, 0.5) is 0 Å². The zero-order valence-corrected chi connectivity index (χ0v) is 52.7. The van der Waals surface area contributed by atoms with Gasteiger partial charge in [0, 0.05) is 12.8 Å². The Labute approximate surface area is 493 Å². The molecule has 0 aromatic rings. The van der Waals surface area contributed by atoms with Gasteiger partial charge in [0.05, 0.1) is 40.3 Å². The molecule has 0 fully saturated rings. The van der Waals surface area contributed by atoms with Crippen LogP contribution in [0.15, 0.2) is 85.1 Å². The van der Waals surface area contributed by atoms with E-state index in [1.165, 1.54) is 167 Å². The minimum Gasteiger partial charge on any atom is -0.545 e. The first-order valence-electron chi connectivity index (χ1n) is 33.2. The van der Waals surface area contributed by atoms with E-state index in [2.05, 4.69) is 98.9 Å². The van der Waals surface area contributed by atoms with Crippen molar-refractivity contribution in [3.05, 3.63) is 85.1 Å². The summed E-state index contributed by atoms with van der Waals surface area (Å²) in [6, 6.07) is 0. The number of allylic oxidation sites excluding steroid dienone is 14. The Balaban J connectivity index is 4.00. The average Bonchev–Trinajstić information content (AvgIpc) is 3.43. The molecule has 9 heteroatoms. The zero-order valence-electron chi connectivity index (χ0n) is 52.7. The molecular formula is C71H125NO8. The molecule has 9 nitrogen and oxygen atoms in total. The van der Waals surface area contributed by atoms with Gasteiger partial charge in [-0.1, -0.05) is 272 Å². The summed E-state index contributed by atoms with van der Waals surface area (Å²) in [4.78, 5) is 37.3. The summed E-state index contributed by atoms with van der Waals surface area (Å²) in [6.45, 7) is 4.62. The first-order valence-corrected chi connectivity index (χ1v) is 33.2. The van der Waals surface area contributed by atoms with Gasteiger partial charge in [0.1, 0.15) is 13.2 Å². The van der Waals surface area contributed by atoms with Gasteiger partial charge >= 0.3 is 11.9 Å². The third-order valence-electron chi connectivity index (χ3n) is 14.4. The highest BCUT2D eigenvalue weighted by Crippen LogP contribution is 2.17. The van der Waals surface area contributed by atoms with E-state index in [1.807, 2.05) is 21.1 Å². The van der Waals surface area contributed by atoms with Crippen LogP contribution in [0.3, 0.4) is 0 Å². The Morgan fingerprint density at radius 3 is 1.06 bits per heavy atom. The number of carboxylic acid groups (broad SMARTS) is 1. The molecule has 2 unspecified atom stereocenters. The van der Waals surface area contributed by atoms with Crippen LogP contribution in [0.1, 0.15) is 290 Å². The third kappa shape index (κ3) is 62.1. The fourth-order valence-corrected chi connectivity index (χ4v) is 9.30. The molecular weight excluding hydrogens is 995 g/mol. The molecule has 462 valence electrons. The number of carboxylic acids is 1. The molecule has 0 aromatic heterocycles. The van der Waals surface area contributed by atoms with Crippen LogP contribution in [-0.4, -0.2) is 82.3 Å². The Bertz CT molecular complexity index is 1590. The largest absolute Gasteiger partial charge is 0.545 e. The van der Waals surface area contributed by atoms with Crippen LogP contribution in [0.2, 0.25) is 0 Å². The number of hydrogen-bond acceptors (Lipinski definition) is 8. The molecule has 80 heavy (non-hydrogen) atoms. The van der Waals surface area contributed by atoms with Crippen LogP contribution in [0, 0.1) is 0 Å². The Hall–Kier alpha value is -3.53. The summed E-state index contributed by atoms with van der Waals surface area (Å²) in [5.74, 6) is -2.29. The maximum absolute atomic E-state index is 12.9. The summed E-state index contributed by atoms with van der Waals surface area (Å²) in [5.41, 5.74) is 0. The Morgan fingerprint density at radius 1 is 0.388 bits per heavy atom. The topological polar surface area (TPSA) is 111 Å². The third-order valence-corrected chi connectivity index (χ3v) is 14.4. The fraction of sp³-hybridized carbons (Fsp3) is 0.761. The lowest BCUT2D eigenvalue weighted by molar-refractivity contribution is -0.870. The van der Waals surface area contributed by atoms with Crippen molar-refractivity contribution in [1.82, 2.24) is 0 Å². The molecule has 0 spiro atoms. The van der Waals surface area contributed by atoms with Gasteiger partial charge in [0.15, 0.2) is 12.4 Å². The summed E-state index contributed by atoms with van der Waals surface area (Å²) in [6.07, 6.45) is 79.6. The summed E-state index contributed by atoms with van der Waals surface area (Å²) in [7, 11) is 5.92. The summed E-state index contributed by atoms with van der Waals surface area (Å²) >= 11 is 0. The van der Waals surface area contributed by atoms with Crippen molar-refractivity contribution < 1.29 is 42.9 Å². The molecule has 0 saturated heterocycles. The second-order valence-electron chi connectivity index (χ2n) is 23.4. The van der Waals surface area contributed by atoms with E-state index in [-0.39, 0.29) is 38.6 Å². The van der Waals surface area contributed by atoms with E-state index < -0.39 is 24.3 Å². The SMILES string of the molecule is CC/C=C\C/C=C\C/C=C\C/C=C\C/C=C\CCCCCCCCCCCCCCCCCCCCCCCCCC(=O)OC(COC(=O)CCCCCCC/C=C\C/C=C\CCCCCC)COC(OCC[N+](C)(C)C)C(=O)[O-]. The number of carbonyl (C=O) groups excluding carboxylic acids is 3. The maximum atomic E-state index is 12.9. The fourth-order valence-electron chi connectivity index (χ4n) is 9.30. The second-order valence-corrected chi connectivity index (χ2v) is 23.4. The van der Waals surface area contributed by atoms with Gasteiger partial charge in [-0.3, -0.25) is 9.59 Å². The van der Waals surface area contributed by atoms with Crippen molar-refractivity contribution in [2.75, 3.05) is 47.5 Å². The molecule has 0 rings (SSSR count). The molecule has 0 aliphatic rings. The second kappa shape index (κ2) is 61.5. The van der Waals surface area contributed by atoms with Gasteiger partial charge < -0.3 is 33.3 Å². The first-order chi connectivity index (χ1) is 39.1. The quantitative estimate of drug-likeness (QED) is 0.0195. The van der Waals surface area contributed by atoms with Gasteiger partial charge in [-0.25, -0.2) is 0 Å². The Kier molecular flexibility index (Phi) is 58.8. The van der Waals surface area contributed by atoms with Crippen molar-refractivity contribution in [3.8, 4) is 0 Å². The number of esters is 2. The van der Waals surface area contributed by atoms with Crippen LogP contribution in [-0.2, 0) is 33.3 Å². The van der Waals surface area contributed by atoms with Crippen LogP contribution < -0.4 is 5.11 Å². The monoisotopic (exact) mass is 1120 g/mol. The molecule has 2 atom stereocenters. The van der Waals surface area contributed by atoms with Crippen molar-refractivity contribution in [3.63, 3.8) is 0 Å². The highest BCUT2D eigenvalue weighted by atomic mass is 16.7. The lowest BCUT2D eigenvalue weighted by Gasteiger charge is -2.26. The Morgan fingerprint density at radius 2 is 0.713 bits per heavy atom. The molecule has 0 saturated carbocycles. The molecule has 0 aliphatic carbocycles. The summed E-state index contributed by atoms with van der Waals surface area (Å²) in [5, 5.41) is 11.8. The number of likely N-dealkylation sites (N-methyl/N-ethyl adjacent to an activating group) is 1. The number of nitrogens with zero attached hydrogens (tertiary/aromatic N) is 1. The predicted octanol–water partition coefficient (Wildman–Crippen LogP) is 19.0. The number of quaternary nitrogens is 1. The highest BCUT2D eigenvalue weighted by molar-refractivity contribution is 5.70. The maximum Gasteiger partial charge on any atom is 0.306 e. The van der Waals surface area contributed by atoms with Crippen molar-refractivity contribution in [2.24, 2.45) is 0 Å². The van der Waals surface area contributed by atoms with Crippen molar-refractivity contribution in [2.45, 2.75) is 302 Å². The molecule has 0 amide bonds. The minimum atomic E-state index is -1.63. The smallest absolute Gasteiger partial charge is 0.306 e. The van der Waals surface area contributed by atoms with Crippen LogP contribution >= 0.6 is 0 Å². The van der Waals surface area contributed by atoms with Gasteiger partial charge in [-0.05, 0) is 89.9 Å². The van der Waals surface area contributed by atoms with E-state index in [0.29, 0.717) is 17.4 Å². The van der Waals surface area contributed by atoms with E-state index >= 15 is 0 Å². The van der Waals surface area contributed by atoms with E-state index in [1.54, 1.807) is 0 Å². The van der Waals surface area contributed by atoms with Crippen LogP contribution in [0.25, 0.3) is 0 Å².